The predicted molar refractivity (Wildman–Crippen MR) is 92.4 cm³/mol. The minimum atomic E-state index is -0.508. The number of carbonyl (C=O) groups excluding carboxylic acids is 1. The van der Waals surface area contributed by atoms with E-state index in [1.807, 2.05) is 6.07 Å². The topological polar surface area (TPSA) is 44.8 Å². The zero-order chi connectivity index (χ0) is 17.2. The van der Waals surface area contributed by atoms with Crippen LogP contribution >= 0.6 is 0 Å². The van der Waals surface area contributed by atoms with E-state index in [2.05, 4.69) is 12.8 Å². The second-order valence-corrected chi connectivity index (χ2v) is 6.24. The molecule has 0 aromatic heterocycles. The molecular formula is C20H26O4. The second kappa shape index (κ2) is 10.1. The van der Waals surface area contributed by atoms with Crippen molar-refractivity contribution in [2.75, 3.05) is 13.2 Å². The van der Waals surface area contributed by atoms with Crippen molar-refractivity contribution in [1.29, 1.82) is 0 Å². The number of carbonyl (C=O) groups is 1. The van der Waals surface area contributed by atoms with Crippen molar-refractivity contribution in [2.24, 2.45) is 5.92 Å². The zero-order valence-electron chi connectivity index (χ0n) is 14.3. The minimum Gasteiger partial charge on any atom is -0.446 e. The molecule has 0 saturated carbocycles. The Morgan fingerprint density at radius 2 is 2.12 bits per heavy atom. The van der Waals surface area contributed by atoms with Gasteiger partial charge >= 0.3 is 5.97 Å². The fraction of sp³-hybridized carbons (Fsp3) is 0.550. The van der Waals surface area contributed by atoms with Crippen LogP contribution in [-0.4, -0.2) is 31.6 Å². The van der Waals surface area contributed by atoms with Gasteiger partial charge < -0.3 is 14.2 Å². The van der Waals surface area contributed by atoms with Crippen molar-refractivity contribution in [3.63, 3.8) is 0 Å². The van der Waals surface area contributed by atoms with Gasteiger partial charge in [0.05, 0.1) is 12.2 Å². The Morgan fingerprint density at radius 3 is 2.79 bits per heavy atom. The third-order valence-corrected chi connectivity index (χ3v) is 4.07. The summed E-state index contributed by atoms with van der Waals surface area (Å²) in [6.45, 7) is 3.53. The first-order chi connectivity index (χ1) is 11.7. The lowest BCUT2D eigenvalue weighted by Crippen LogP contribution is -2.25. The maximum Gasteiger partial charge on any atom is 0.339 e. The fourth-order valence-corrected chi connectivity index (χ4v) is 2.58. The van der Waals surface area contributed by atoms with Crippen molar-refractivity contribution in [3.05, 3.63) is 35.9 Å². The van der Waals surface area contributed by atoms with Crippen molar-refractivity contribution in [3.8, 4) is 12.3 Å². The van der Waals surface area contributed by atoms with Crippen molar-refractivity contribution >= 4 is 5.97 Å². The van der Waals surface area contributed by atoms with E-state index < -0.39 is 6.10 Å². The number of rotatable bonds is 8. The van der Waals surface area contributed by atoms with Crippen LogP contribution in [0.5, 0.6) is 0 Å². The number of esters is 1. The van der Waals surface area contributed by atoms with Gasteiger partial charge in [0, 0.05) is 6.61 Å². The Kier molecular flexibility index (Phi) is 7.81. The van der Waals surface area contributed by atoms with Crippen LogP contribution in [0.25, 0.3) is 0 Å². The predicted octanol–water partition coefficient (Wildman–Crippen LogP) is 3.80. The summed E-state index contributed by atoms with van der Waals surface area (Å²) >= 11 is 0. The summed E-state index contributed by atoms with van der Waals surface area (Å²) in [6, 6.07) is 8.89. The normalized spacial score (nSPS) is 19.9. The molecule has 2 rings (SSSR count). The molecule has 1 fully saturated rings. The smallest absolute Gasteiger partial charge is 0.339 e. The van der Waals surface area contributed by atoms with Gasteiger partial charge in [0.25, 0.3) is 0 Å². The lowest BCUT2D eigenvalue weighted by molar-refractivity contribution is -0.168. The van der Waals surface area contributed by atoms with Crippen LogP contribution in [0.4, 0.5) is 0 Å². The molecule has 0 radical (unpaired) electrons. The highest BCUT2D eigenvalue weighted by Crippen LogP contribution is 2.17. The van der Waals surface area contributed by atoms with Crippen LogP contribution < -0.4 is 0 Å². The number of terminal acetylenes is 1. The molecule has 1 aliphatic heterocycles. The average Bonchev–Trinajstić information content (AvgIpc) is 2.64. The number of hydrogen-bond acceptors (Lipinski definition) is 4. The first kappa shape index (κ1) is 18.5. The first-order valence-electron chi connectivity index (χ1n) is 8.64. The van der Waals surface area contributed by atoms with Gasteiger partial charge in [-0.3, -0.25) is 0 Å². The molecule has 1 saturated heterocycles. The first-order valence-corrected chi connectivity index (χ1v) is 8.64. The maximum atomic E-state index is 12.0. The van der Waals surface area contributed by atoms with Crippen LogP contribution in [0.3, 0.4) is 0 Å². The maximum absolute atomic E-state index is 12.0. The molecular weight excluding hydrogens is 304 g/mol. The highest BCUT2D eigenvalue weighted by atomic mass is 16.7. The van der Waals surface area contributed by atoms with Crippen molar-refractivity contribution in [1.82, 2.24) is 0 Å². The van der Waals surface area contributed by atoms with Gasteiger partial charge in [0.15, 0.2) is 12.4 Å². The van der Waals surface area contributed by atoms with Gasteiger partial charge in [-0.1, -0.05) is 31.0 Å². The number of hydrogen-bond donors (Lipinski definition) is 0. The van der Waals surface area contributed by atoms with Gasteiger partial charge in [-0.2, -0.15) is 0 Å². The summed E-state index contributed by atoms with van der Waals surface area (Å²) in [4.78, 5) is 12.0. The fourth-order valence-electron chi connectivity index (χ4n) is 2.58. The molecule has 0 aliphatic carbocycles. The molecule has 0 N–H and O–H groups in total. The van der Waals surface area contributed by atoms with Gasteiger partial charge in [-0.25, -0.2) is 4.79 Å². The van der Waals surface area contributed by atoms with Crippen molar-refractivity contribution in [2.45, 2.75) is 51.4 Å². The van der Waals surface area contributed by atoms with E-state index in [0.717, 1.165) is 32.3 Å². The zero-order valence-corrected chi connectivity index (χ0v) is 14.3. The highest BCUT2D eigenvalue weighted by molar-refractivity contribution is 5.89. The molecule has 2 unspecified atom stereocenters. The summed E-state index contributed by atoms with van der Waals surface area (Å²) in [6.07, 6.45) is 9.63. The SMILES string of the molecule is C#CC(CC[C@H](C)COC1CCCCO1)OC(=O)c1ccccc1. The Hall–Kier alpha value is -1.83. The van der Waals surface area contributed by atoms with Crippen LogP contribution in [-0.2, 0) is 14.2 Å². The van der Waals surface area contributed by atoms with E-state index in [1.54, 1.807) is 24.3 Å². The summed E-state index contributed by atoms with van der Waals surface area (Å²) in [5.74, 6) is 2.51. The van der Waals surface area contributed by atoms with E-state index in [9.17, 15) is 4.79 Å². The number of ether oxygens (including phenoxy) is 3. The highest BCUT2D eigenvalue weighted by Gasteiger charge is 2.17. The van der Waals surface area contributed by atoms with Crippen LogP contribution in [0.1, 0.15) is 49.4 Å². The van der Waals surface area contributed by atoms with E-state index in [-0.39, 0.29) is 12.3 Å². The molecule has 3 atom stereocenters. The molecule has 1 aliphatic rings. The largest absolute Gasteiger partial charge is 0.446 e. The Morgan fingerprint density at radius 1 is 1.33 bits per heavy atom. The lowest BCUT2D eigenvalue weighted by Gasteiger charge is -2.24. The molecule has 0 spiro atoms. The summed E-state index contributed by atoms with van der Waals surface area (Å²) in [5.41, 5.74) is 0.517. The molecule has 24 heavy (non-hydrogen) atoms. The summed E-state index contributed by atoms with van der Waals surface area (Å²) in [5, 5.41) is 0. The van der Waals surface area contributed by atoms with Crippen LogP contribution in [0, 0.1) is 18.3 Å². The molecule has 4 nitrogen and oxygen atoms in total. The molecule has 0 bridgehead atoms. The molecule has 130 valence electrons. The second-order valence-electron chi connectivity index (χ2n) is 6.24. The molecule has 1 heterocycles. The van der Waals surface area contributed by atoms with Gasteiger partial charge in [0.2, 0.25) is 0 Å². The number of benzene rings is 1. The standard InChI is InChI=1S/C20H26O4/c1-3-18(24-20(21)17-9-5-4-6-10-17)13-12-16(2)15-23-19-11-7-8-14-22-19/h1,4-6,9-10,16,18-19H,7-8,11-15H2,2H3/t16-,18?,19?/m0/s1. The average molecular weight is 330 g/mol. The third-order valence-electron chi connectivity index (χ3n) is 4.07. The summed E-state index contributed by atoms with van der Waals surface area (Å²) in [7, 11) is 0. The van der Waals surface area contributed by atoms with Gasteiger partial charge in [0.1, 0.15) is 0 Å². The quantitative estimate of drug-likeness (QED) is 0.537. The summed E-state index contributed by atoms with van der Waals surface area (Å²) < 4.78 is 16.7. The van der Waals surface area contributed by atoms with Gasteiger partial charge in [-0.05, 0) is 50.2 Å². The van der Waals surface area contributed by atoms with E-state index in [1.165, 1.54) is 0 Å². The van der Waals surface area contributed by atoms with E-state index >= 15 is 0 Å². The van der Waals surface area contributed by atoms with Crippen molar-refractivity contribution < 1.29 is 19.0 Å². The Labute approximate surface area is 144 Å². The lowest BCUT2D eigenvalue weighted by atomic mass is 10.0. The monoisotopic (exact) mass is 330 g/mol. The molecule has 4 heteroatoms. The molecule has 1 aromatic rings. The Bertz CT molecular complexity index is 528. The van der Waals surface area contributed by atoms with E-state index in [0.29, 0.717) is 24.5 Å². The van der Waals surface area contributed by atoms with Gasteiger partial charge in [-0.15, -0.1) is 6.42 Å². The van der Waals surface area contributed by atoms with Crippen LogP contribution in [0.2, 0.25) is 0 Å². The van der Waals surface area contributed by atoms with E-state index in [4.69, 9.17) is 20.6 Å². The molecule has 1 aromatic carbocycles. The Balaban J connectivity index is 1.68. The van der Waals surface area contributed by atoms with Crippen LogP contribution in [0.15, 0.2) is 30.3 Å². The minimum absolute atomic E-state index is 0.0689. The molecule has 0 amide bonds. The third kappa shape index (κ3) is 6.35.